The van der Waals surface area contributed by atoms with Crippen LogP contribution in [0.25, 0.3) is 0 Å². The summed E-state index contributed by atoms with van der Waals surface area (Å²) in [5.41, 5.74) is 0. The maximum absolute atomic E-state index is 11.2. The summed E-state index contributed by atoms with van der Waals surface area (Å²) >= 11 is 11.7. The first kappa shape index (κ1) is 17.4. The molecule has 0 aliphatic rings. The molecule has 0 aliphatic carbocycles. The van der Waals surface area contributed by atoms with E-state index in [1.54, 1.807) is 7.05 Å². The quantitative estimate of drug-likeness (QED) is 0.625. The van der Waals surface area contributed by atoms with Crippen LogP contribution in [0.5, 0.6) is 5.75 Å². The maximum Gasteiger partial charge on any atom is 0.262 e. The molecule has 0 atom stereocenters. The van der Waals surface area contributed by atoms with Crippen molar-refractivity contribution < 1.29 is 17.9 Å². The monoisotopic (exact) mass is 359 g/mol. The van der Waals surface area contributed by atoms with Gasteiger partial charge in [-0.3, -0.25) is 4.79 Å². The standard InChI is InChI=1S/C11H12Cl3NO4S/c1-15-9(16)3-2-6-19-7-4-5-8(20(14,17)18)11(13)10(7)12/h4-5H,2-3,6H2,1H3,(H,15,16). The Labute approximate surface area is 131 Å². The van der Waals surface area contributed by atoms with Gasteiger partial charge >= 0.3 is 0 Å². The molecule has 1 amide bonds. The van der Waals surface area contributed by atoms with E-state index in [9.17, 15) is 13.2 Å². The molecule has 1 aromatic carbocycles. The molecule has 0 saturated carbocycles. The number of ether oxygens (including phenoxy) is 1. The Balaban J connectivity index is 2.74. The van der Waals surface area contributed by atoms with Gasteiger partial charge in [0.15, 0.2) is 0 Å². The molecule has 1 N–H and O–H groups in total. The van der Waals surface area contributed by atoms with E-state index in [-0.39, 0.29) is 33.2 Å². The van der Waals surface area contributed by atoms with Gasteiger partial charge in [0.2, 0.25) is 5.91 Å². The van der Waals surface area contributed by atoms with E-state index in [1.807, 2.05) is 0 Å². The van der Waals surface area contributed by atoms with Crippen molar-refractivity contribution in [3.63, 3.8) is 0 Å². The predicted octanol–water partition coefficient (Wildman–Crippen LogP) is 2.83. The smallest absolute Gasteiger partial charge is 0.262 e. The zero-order valence-electron chi connectivity index (χ0n) is 10.5. The maximum atomic E-state index is 11.2. The lowest BCUT2D eigenvalue weighted by Crippen LogP contribution is -2.18. The fourth-order valence-electron chi connectivity index (χ4n) is 1.35. The number of carbonyl (C=O) groups is 1. The topological polar surface area (TPSA) is 72.5 Å². The van der Waals surface area contributed by atoms with Gasteiger partial charge in [-0.15, -0.1) is 0 Å². The average molecular weight is 361 g/mol. The first-order chi connectivity index (χ1) is 9.27. The van der Waals surface area contributed by atoms with Crippen molar-refractivity contribution in [3.05, 3.63) is 22.2 Å². The first-order valence-corrected chi connectivity index (χ1v) is 8.60. The van der Waals surface area contributed by atoms with Crippen molar-refractivity contribution in [2.75, 3.05) is 13.7 Å². The van der Waals surface area contributed by atoms with Crippen molar-refractivity contribution in [2.45, 2.75) is 17.7 Å². The molecule has 0 spiro atoms. The lowest BCUT2D eigenvalue weighted by atomic mass is 10.3. The van der Waals surface area contributed by atoms with Crippen LogP contribution >= 0.6 is 33.9 Å². The van der Waals surface area contributed by atoms with Gasteiger partial charge in [0.1, 0.15) is 15.7 Å². The van der Waals surface area contributed by atoms with Crippen LogP contribution in [-0.4, -0.2) is 28.0 Å². The Bertz CT molecular complexity index is 604. The molecule has 0 bridgehead atoms. The summed E-state index contributed by atoms with van der Waals surface area (Å²) < 4.78 is 27.8. The Kier molecular flexibility index (Phi) is 6.39. The molecule has 0 saturated heterocycles. The van der Waals surface area contributed by atoms with E-state index in [2.05, 4.69) is 5.32 Å². The lowest BCUT2D eigenvalue weighted by Gasteiger charge is -2.10. The number of benzene rings is 1. The Morgan fingerprint density at radius 1 is 1.30 bits per heavy atom. The second-order valence-corrected chi connectivity index (χ2v) is 7.04. The van der Waals surface area contributed by atoms with E-state index < -0.39 is 9.05 Å². The zero-order chi connectivity index (χ0) is 15.3. The Hall–Kier alpha value is -0.690. The Morgan fingerprint density at radius 2 is 1.95 bits per heavy atom. The minimum absolute atomic E-state index is 0.0339. The van der Waals surface area contributed by atoms with E-state index in [1.165, 1.54) is 12.1 Å². The van der Waals surface area contributed by atoms with E-state index >= 15 is 0 Å². The van der Waals surface area contributed by atoms with Crippen molar-refractivity contribution in [1.29, 1.82) is 0 Å². The van der Waals surface area contributed by atoms with Gasteiger partial charge in [0.05, 0.1) is 11.6 Å². The molecule has 0 aromatic heterocycles. The highest BCUT2D eigenvalue weighted by Gasteiger charge is 2.19. The summed E-state index contributed by atoms with van der Waals surface area (Å²) in [7, 11) is 2.79. The van der Waals surface area contributed by atoms with E-state index in [0.717, 1.165) is 0 Å². The minimum Gasteiger partial charge on any atom is -0.492 e. The second-order valence-electron chi connectivity index (χ2n) is 3.75. The normalized spacial score (nSPS) is 11.2. The number of rotatable bonds is 6. The largest absolute Gasteiger partial charge is 0.492 e. The number of carbonyl (C=O) groups excluding carboxylic acids is 1. The molecular formula is C11H12Cl3NO4S. The van der Waals surface area contributed by atoms with Crippen molar-refractivity contribution in [3.8, 4) is 5.75 Å². The average Bonchev–Trinajstić information content (AvgIpc) is 2.37. The van der Waals surface area contributed by atoms with Crippen molar-refractivity contribution in [2.24, 2.45) is 0 Å². The summed E-state index contributed by atoms with van der Waals surface area (Å²) in [6.45, 7) is 0.246. The van der Waals surface area contributed by atoms with E-state index in [4.69, 9.17) is 38.6 Å². The highest BCUT2D eigenvalue weighted by atomic mass is 35.7. The van der Waals surface area contributed by atoms with E-state index in [0.29, 0.717) is 12.8 Å². The number of hydrogen-bond donors (Lipinski definition) is 1. The van der Waals surface area contributed by atoms with Crippen molar-refractivity contribution >= 4 is 48.8 Å². The van der Waals surface area contributed by atoms with Crippen LogP contribution in [0.3, 0.4) is 0 Å². The summed E-state index contributed by atoms with van der Waals surface area (Å²) in [4.78, 5) is 10.7. The number of amides is 1. The SMILES string of the molecule is CNC(=O)CCCOc1ccc(S(=O)(=O)Cl)c(Cl)c1Cl. The molecular weight excluding hydrogens is 349 g/mol. The molecule has 0 unspecified atom stereocenters. The number of hydrogen-bond acceptors (Lipinski definition) is 4. The minimum atomic E-state index is -3.97. The highest BCUT2D eigenvalue weighted by molar-refractivity contribution is 8.13. The molecule has 0 radical (unpaired) electrons. The van der Waals surface area contributed by atoms with Crippen LogP contribution < -0.4 is 10.1 Å². The third-order valence-corrected chi connectivity index (χ3v) is 4.70. The lowest BCUT2D eigenvalue weighted by molar-refractivity contribution is -0.120. The summed E-state index contributed by atoms with van der Waals surface area (Å²) in [6, 6.07) is 2.58. The fraction of sp³-hybridized carbons (Fsp3) is 0.364. The number of halogens is 3. The van der Waals surface area contributed by atoms with Crippen LogP contribution in [0.4, 0.5) is 0 Å². The molecule has 20 heavy (non-hydrogen) atoms. The van der Waals surface area contributed by atoms with Gasteiger partial charge in [-0.2, -0.15) is 0 Å². The predicted molar refractivity (Wildman–Crippen MR) is 78.3 cm³/mol. The molecule has 0 aliphatic heterocycles. The Morgan fingerprint density at radius 3 is 2.50 bits per heavy atom. The van der Waals surface area contributed by atoms with Crippen molar-refractivity contribution in [1.82, 2.24) is 5.32 Å². The van der Waals surface area contributed by atoms with Gasteiger partial charge in [0.25, 0.3) is 9.05 Å². The molecule has 0 fully saturated rings. The molecule has 112 valence electrons. The fourth-order valence-corrected chi connectivity index (χ4v) is 3.14. The van der Waals surface area contributed by atoms with Crippen LogP contribution in [0.1, 0.15) is 12.8 Å². The van der Waals surface area contributed by atoms with Gasteiger partial charge in [-0.05, 0) is 18.6 Å². The van der Waals surface area contributed by atoms with Crippen LogP contribution in [0.2, 0.25) is 10.0 Å². The molecule has 5 nitrogen and oxygen atoms in total. The second kappa shape index (κ2) is 7.36. The third kappa shape index (κ3) is 4.70. The summed E-state index contributed by atoms with van der Waals surface area (Å²) in [6.07, 6.45) is 0.805. The summed E-state index contributed by atoms with van der Waals surface area (Å²) in [5, 5.41) is 2.26. The zero-order valence-corrected chi connectivity index (χ0v) is 13.5. The van der Waals surface area contributed by atoms with Crippen LogP contribution in [-0.2, 0) is 13.8 Å². The molecule has 1 rings (SSSR count). The van der Waals surface area contributed by atoms with Gasteiger partial charge in [-0.1, -0.05) is 23.2 Å². The van der Waals surface area contributed by atoms with Gasteiger partial charge < -0.3 is 10.1 Å². The molecule has 0 heterocycles. The highest BCUT2D eigenvalue weighted by Crippen LogP contribution is 2.37. The van der Waals surface area contributed by atoms with Crippen LogP contribution in [0.15, 0.2) is 17.0 Å². The third-order valence-electron chi connectivity index (χ3n) is 2.36. The number of nitrogens with one attached hydrogen (secondary N) is 1. The van der Waals surface area contributed by atoms with Gasteiger partial charge in [0, 0.05) is 24.2 Å². The summed E-state index contributed by atoms with van der Waals surface area (Å²) in [5.74, 6) is 0.138. The first-order valence-electron chi connectivity index (χ1n) is 5.53. The van der Waals surface area contributed by atoms with Crippen LogP contribution in [0, 0.1) is 0 Å². The molecule has 1 aromatic rings. The molecule has 9 heteroatoms. The van der Waals surface area contributed by atoms with Gasteiger partial charge in [-0.25, -0.2) is 8.42 Å².